The van der Waals surface area contributed by atoms with Crippen molar-refractivity contribution < 1.29 is 0 Å². The zero-order chi connectivity index (χ0) is 13.8. The third-order valence-electron chi connectivity index (χ3n) is 4.85. The first-order chi connectivity index (χ1) is 9.86. The van der Waals surface area contributed by atoms with Crippen LogP contribution in [0.1, 0.15) is 31.4 Å². The van der Waals surface area contributed by atoms with Gasteiger partial charge in [0.05, 0.1) is 0 Å². The molecule has 3 rings (SSSR count). The van der Waals surface area contributed by atoms with E-state index in [-0.39, 0.29) is 0 Å². The molecule has 2 nitrogen and oxygen atoms in total. The van der Waals surface area contributed by atoms with Gasteiger partial charge < -0.3 is 5.32 Å². The van der Waals surface area contributed by atoms with E-state index < -0.39 is 0 Å². The maximum Gasteiger partial charge on any atom is 0.0414 e. The lowest BCUT2D eigenvalue weighted by Crippen LogP contribution is -2.47. The maximum absolute atomic E-state index is 3.48. The highest BCUT2D eigenvalue weighted by Crippen LogP contribution is 2.38. The standard InChI is InChI=1S/C18H26N2/c1-15-7-5-6-10-17(15)18(16-8-3-2-4-9-16)20-13-11-19-12-14-20/h2-4,6,8-10,15,17-19H,5,7,11-14H2,1H3. The first-order valence-electron chi connectivity index (χ1n) is 8.02. The maximum atomic E-state index is 3.48. The zero-order valence-electron chi connectivity index (χ0n) is 12.5. The second kappa shape index (κ2) is 6.55. The van der Waals surface area contributed by atoms with Crippen LogP contribution in [0.5, 0.6) is 0 Å². The van der Waals surface area contributed by atoms with Crippen molar-refractivity contribution in [3.8, 4) is 0 Å². The molecule has 0 aromatic heterocycles. The Balaban J connectivity index is 1.90. The molecule has 108 valence electrons. The highest BCUT2D eigenvalue weighted by Gasteiger charge is 2.32. The monoisotopic (exact) mass is 270 g/mol. The number of benzene rings is 1. The molecular formula is C18H26N2. The molecule has 3 atom stereocenters. The Bertz CT molecular complexity index is 434. The van der Waals surface area contributed by atoms with Crippen molar-refractivity contribution in [1.29, 1.82) is 0 Å². The van der Waals surface area contributed by atoms with Gasteiger partial charge in [-0.25, -0.2) is 0 Å². The van der Waals surface area contributed by atoms with Crippen molar-refractivity contribution in [1.82, 2.24) is 10.2 Å². The van der Waals surface area contributed by atoms with E-state index in [1.807, 2.05) is 0 Å². The molecule has 1 N–H and O–H groups in total. The fourth-order valence-corrected chi connectivity index (χ4v) is 3.70. The zero-order valence-corrected chi connectivity index (χ0v) is 12.5. The molecule has 2 aliphatic rings. The van der Waals surface area contributed by atoms with Crippen molar-refractivity contribution in [3.63, 3.8) is 0 Å². The molecule has 0 radical (unpaired) electrons. The molecule has 2 heteroatoms. The molecule has 1 aromatic carbocycles. The van der Waals surface area contributed by atoms with Gasteiger partial charge in [0, 0.05) is 32.2 Å². The summed E-state index contributed by atoms with van der Waals surface area (Å²) in [6, 6.07) is 11.6. The van der Waals surface area contributed by atoms with Crippen molar-refractivity contribution in [3.05, 3.63) is 48.0 Å². The molecule has 1 fully saturated rings. The Morgan fingerprint density at radius 3 is 2.60 bits per heavy atom. The van der Waals surface area contributed by atoms with Crippen LogP contribution in [0.3, 0.4) is 0 Å². The van der Waals surface area contributed by atoms with Gasteiger partial charge >= 0.3 is 0 Å². The van der Waals surface area contributed by atoms with E-state index in [0.29, 0.717) is 12.0 Å². The van der Waals surface area contributed by atoms with E-state index in [4.69, 9.17) is 0 Å². The van der Waals surface area contributed by atoms with Crippen LogP contribution in [0.2, 0.25) is 0 Å². The molecule has 1 aromatic rings. The molecule has 20 heavy (non-hydrogen) atoms. The summed E-state index contributed by atoms with van der Waals surface area (Å²) < 4.78 is 0. The number of piperazine rings is 1. The summed E-state index contributed by atoms with van der Waals surface area (Å²) >= 11 is 0. The van der Waals surface area contributed by atoms with Gasteiger partial charge in [0.2, 0.25) is 0 Å². The molecule has 1 aliphatic heterocycles. The second-order valence-corrected chi connectivity index (χ2v) is 6.20. The minimum absolute atomic E-state index is 0.546. The Hall–Kier alpha value is -1.12. The predicted octanol–water partition coefficient (Wildman–Crippen LogP) is 3.24. The topological polar surface area (TPSA) is 15.3 Å². The van der Waals surface area contributed by atoms with E-state index in [9.17, 15) is 0 Å². The normalized spacial score (nSPS) is 29.2. The second-order valence-electron chi connectivity index (χ2n) is 6.20. The van der Waals surface area contributed by atoms with E-state index in [0.717, 1.165) is 32.1 Å². The molecule has 0 amide bonds. The highest BCUT2D eigenvalue weighted by molar-refractivity contribution is 5.22. The van der Waals surface area contributed by atoms with Crippen LogP contribution in [0.15, 0.2) is 42.5 Å². The molecule has 3 unspecified atom stereocenters. The molecular weight excluding hydrogens is 244 g/mol. The molecule has 0 saturated carbocycles. The van der Waals surface area contributed by atoms with E-state index in [1.165, 1.54) is 18.4 Å². The molecule has 1 aliphatic carbocycles. The summed E-state index contributed by atoms with van der Waals surface area (Å²) in [5.41, 5.74) is 1.48. The van der Waals surface area contributed by atoms with Gasteiger partial charge in [-0.1, -0.05) is 49.4 Å². The van der Waals surface area contributed by atoms with E-state index in [1.54, 1.807) is 0 Å². The number of allylic oxidation sites excluding steroid dienone is 1. The smallest absolute Gasteiger partial charge is 0.0414 e. The Kier molecular flexibility index (Phi) is 4.54. The highest BCUT2D eigenvalue weighted by atomic mass is 15.2. The molecule has 0 bridgehead atoms. The van der Waals surface area contributed by atoms with Gasteiger partial charge in [-0.15, -0.1) is 0 Å². The van der Waals surface area contributed by atoms with Crippen LogP contribution >= 0.6 is 0 Å². The third-order valence-corrected chi connectivity index (χ3v) is 4.85. The van der Waals surface area contributed by atoms with E-state index >= 15 is 0 Å². The number of nitrogens with zero attached hydrogens (tertiary/aromatic N) is 1. The quantitative estimate of drug-likeness (QED) is 0.848. The van der Waals surface area contributed by atoms with Crippen LogP contribution in [0.25, 0.3) is 0 Å². The van der Waals surface area contributed by atoms with Gasteiger partial charge in [0.1, 0.15) is 0 Å². The number of hydrogen-bond donors (Lipinski definition) is 1. The fourth-order valence-electron chi connectivity index (χ4n) is 3.70. The van der Waals surface area contributed by atoms with E-state index in [2.05, 4.69) is 59.6 Å². The number of nitrogens with one attached hydrogen (secondary N) is 1. The first kappa shape index (κ1) is 13.8. The summed E-state index contributed by atoms with van der Waals surface area (Å²) in [5, 5.41) is 3.48. The van der Waals surface area contributed by atoms with Crippen LogP contribution in [0.4, 0.5) is 0 Å². The average molecular weight is 270 g/mol. The average Bonchev–Trinajstić information content (AvgIpc) is 2.52. The van der Waals surface area contributed by atoms with Crippen LogP contribution in [-0.2, 0) is 0 Å². The summed E-state index contributed by atoms with van der Waals surface area (Å²) in [5.74, 6) is 1.43. The lowest BCUT2D eigenvalue weighted by Gasteiger charge is -2.42. The minimum atomic E-state index is 0.546. The van der Waals surface area contributed by atoms with Crippen molar-refractivity contribution in [2.45, 2.75) is 25.8 Å². The van der Waals surface area contributed by atoms with Crippen LogP contribution in [0, 0.1) is 11.8 Å². The van der Waals surface area contributed by atoms with Gasteiger partial charge in [-0.3, -0.25) is 4.90 Å². The van der Waals surface area contributed by atoms with Crippen molar-refractivity contribution >= 4 is 0 Å². The molecule has 1 saturated heterocycles. The van der Waals surface area contributed by atoms with Crippen LogP contribution < -0.4 is 5.32 Å². The SMILES string of the molecule is CC1CCC=CC1C(c1ccccc1)N1CCNCC1. The summed E-state index contributed by atoms with van der Waals surface area (Å²) in [4.78, 5) is 2.68. The number of rotatable bonds is 3. The Morgan fingerprint density at radius 2 is 1.90 bits per heavy atom. The first-order valence-corrected chi connectivity index (χ1v) is 8.02. The summed E-state index contributed by atoms with van der Waals surface area (Å²) in [7, 11) is 0. The summed E-state index contributed by atoms with van der Waals surface area (Å²) in [6.07, 6.45) is 7.45. The predicted molar refractivity (Wildman–Crippen MR) is 84.7 cm³/mol. The van der Waals surface area contributed by atoms with Gasteiger partial charge in [0.15, 0.2) is 0 Å². The van der Waals surface area contributed by atoms with Gasteiger partial charge in [-0.05, 0) is 30.2 Å². The summed E-state index contributed by atoms with van der Waals surface area (Å²) in [6.45, 7) is 6.99. The Morgan fingerprint density at radius 1 is 1.15 bits per heavy atom. The number of hydrogen-bond acceptors (Lipinski definition) is 2. The largest absolute Gasteiger partial charge is 0.314 e. The lowest BCUT2D eigenvalue weighted by atomic mass is 9.77. The van der Waals surface area contributed by atoms with Crippen molar-refractivity contribution in [2.24, 2.45) is 11.8 Å². The third kappa shape index (κ3) is 2.97. The lowest BCUT2D eigenvalue weighted by molar-refractivity contribution is 0.114. The van der Waals surface area contributed by atoms with Crippen LogP contribution in [-0.4, -0.2) is 31.1 Å². The molecule has 1 heterocycles. The van der Waals surface area contributed by atoms with Gasteiger partial charge in [0.25, 0.3) is 0 Å². The van der Waals surface area contributed by atoms with Crippen molar-refractivity contribution in [2.75, 3.05) is 26.2 Å². The fraction of sp³-hybridized carbons (Fsp3) is 0.556. The molecule has 0 spiro atoms. The Labute approximate surface area is 122 Å². The minimum Gasteiger partial charge on any atom is -0.314 e. The van der Waals surface area contributed by atoms with Gasteiger partial charge in [-0.2, -0.15) is 0 Å².